The van der Waals surface area contributed by atoms with Crippen LogP contribution in [0.25, 0.3) is 0 Å². The molecule has 0 spiro atoms. The Labute approximate surface area is 179 Å². The zero-order valence-corrected chi connectivity index (χ0v) is 17.6. The summed E-state index contributed by atoms with van der Waals surface area (Å²) in [5.74, 6) is -0.536. The van der Waals surface area contributed by atoms with Crippen LogP contribution in [0.15, 0.2) is 36.4 Å². The van der Waals surface area contributed by atoms with E-state index in [0.29, 0.717) is 35.7 Å². The van der Waals surface area contributed by atoms with Gasteiger partial charge in [0.25, 0.3) is 0 Å². The second kappa shape index (κ2) is 8.11. The van der Waals surface area contributed by atoms with Gasteiger partial charge in [-0.3, -0.25) is 14.4 Å². The Morgan fingerprint density at radius 3 is 2.73 bits per heavy atom. The van der Waals surface area contributed by atoms with Crippen LogP contribution >= 0.6 is 11.6 Å². The van der Waals surface area contributed by atoms with Gasteiger partial charge in [0.05, 0.1) is 5.92 Å². The number of anilines is 1. The number of fused-ring (bicyclic) bond motifs is 2. The normalized spacial score (nSPS) is 18.1. The summed E-state index contributed by atoms with van der Waals surface area (Å²) in [5.41, 5.74) is 3.10. The molecule has 1 amide bonds. The lowest BCUT2D eigenvalue weighted by atomic mass is 9.96. The second-order valence-electron chi connectivity index (χ2n) is 7.67. The van der Waals surface area contributed by atoms with Crippen molar-refractivity contribution in [1.82, 2.24) is 0 Å². The number of hydrogen-bond acceptors (Lipinski definition) is 5. The predicted octanol–water partition coefficient (Wildman–Crippen LogP) is 3.61. The number of carbonyl (C=O) groups excluding carboxylic acids is 3. The molecule has 2 aliphatic heterocycles. The molecule has 4 rings (SSSR count). The molecule has 0 bridgehead atoms. The number of benzene rings is 2. The Kier molecular flexibility index (Phi) is 5.52. The average Bonchev–Trinajstić information content (AvgIpc) is 3.16. The van der Waals surface area contributed by atoms with Crippen LogP contribution in [-0.2, 0) is 27.2 Å². The lowest BCUT2D eigenvalue weighted by Crippen LogP contribution is -2.34. The first-order valence-electron chi connectivity index (χ1n) is 9.90. The highest BCUT2D eigenvalue weighted by Crippen LogP contribution is 2.31. The van der Waals surface area contributed by atoms with Crippen molar-refractivity contribution in [3.05, 3.63) is 58.1 Å². The second-order valence-corrected chi connectivity index (χ2v) is 8.11. The molecule has 0 radical (unpaired) electrons. The lowest BCUT2D eigenvalue weighted by molar-refractivity contribution is -0.152. The van der Waals surface area contributed by atoms with Crippen LogP contribution in [-0.4, -0.2) is 36.9 Å². The van der Waals surface area contributed by atoms with Crippen LogP contribution in [0.2, 0.25) is 5.02 Å². The van der Waals surface area contributed by atoms with Crippen LogP contribution in [0.5, 0.6) is 5.75 Å². The first-order valence-corrected chi connectivity index (χ1v) is 10.3. The van der Waals surface area contributed by atoms with E-state index >= 15 is 0 Å². The van der Waals surface area contributed by atoms with Crippen molar-refractivity contribution in [2.75, 3.05) is 18.1 Å². The first-order chi connectivity index (χ1) is 14.3. The lowest BCUT2D eigenvalue weighted by Gasteiger charge is -2.25. The fraction of sp³-hybridized carbons (Fsp3) is 0.348. The summed E-state index contributed by atoms with van der Waals surface area (Å²) in [7, 11) is 0. The predicted molar refractivity (Wildman–Crippen MR) is 112 cm³/mol. The number of ketones is 1. The molecule has 0 N–H and O–H groups in total. The summed E-state index contributed by atoms with van der Waals surface area (Å²) < 4.78 is 11.1. The standard InChI is InChI=1S/C23H22ClNO5/c1-13(22(27)16-3-5-20-15(9-16)7-8-25(20)14(2)26)30-23(28)18-10-17-11-19(24)4-6-21(17)29-12-18/h3-6,9,11,13,18H,7-8,10,12H2,1-2H3. The van der Waals surface area contributed by atoms with Crippen LogP contribution in [0.1, 0.15) is 35.3 Å². The third-order valence-electron chi connectivity index (χ3n) is 5.56. The summed E-state index contributed by atoms with van der Waals surface area (Å²) in [6.07, 6.45) is 0.239. The molecule has 0 fully saturated rings. The fourth-order valence-electron chi connectivity index (χ4n) is 3.96. The van der Waals surface area contributed by atoms with E-state index in [1.165, 1.54) is 6.92 Å². The van der Waals surface area contributed by atoms with Gasteiger partial charge in [0, 0.05) is 29.7 Å². The molecule has 0 aromatic heterocycles. The van der Waals surface area contributed by atoms with Gasteiger partial charge in [0.15, 0.2) is 6.10 Å². The molecule has 2 unspecified atom stereocenters. The van der Waals surface area contributed by atoms with Gasteiger partial charge in [-0.2, -0.15) is 0 Å². The van der Waals surface area contributed by atoms with Gasteiger partial charge >= 0.3 is 5.97 Å². The number of amides is 1. The summed E-state index contributed by atoms with van der Waals surface area (Å²) in [6.45, 7) is 3.91. The maximum Gasteiger partial charge on any atom is 0.313 e. The molecule has 0 saturated carbocycles. The van der Waals surface area contributed by atoms with Gasteiger partial charge in [-0.1, -0.05) is 11.6 Å². The number of hydrogen-bond donors (Lipinski definition) is 0. The van der Waals surface area contributed by atoms with E-state index in [2.05, 4.69) is 0 Å². The van der Waals surface area contributed by atoms with Crippen LogP contribution in [0.3, 0.4) is 0 Å². The van der Waals surface area contributed by atoms with E-state index in [9.17, 15) is 14.4 Å². The van der Waals surface area contributed by atoms with Gasteiger partial charge in [0.1, 0.15) is 12.4 Å². The minimum Gasteiger partial charge on any atom is -0.492 e. The van der Waals surface area contributed by atoms with Crippen molar-refractivity contribution < 1.29 is 23.9 Å². The van der Waals surface area contributed by atoms with Crippen LogP contribution < -0.4 is 9.64 Å². The summed E-state index contributed by atoms with van der Waals surface area (Å²) >= 11 is 6.03. The molecule has 2 heterocycles. The molecule has 156 valence electrons. The number of ether oxygens (including phenoxy) is 2. The number of rotatable bonds is 4. The summed E-state index contributed by atoms with van der Waals surface area (Å²) in [6, 6.07) is 10.5. The largest absolute Gasteiger partial charge is 0.492 e. The molecule has 2 aromatic carbocycles. The van der Waals surface area contributed by atoms with Crippen molar-refractivity contribution in [2.24, 2.45) is 5.92 Å². The molecule has 2 aliphatic rings. The first kappa shape index (κ1) is 20.4. The van der Waals surface area contributed by atoms with Crippen LogP contribution in [0.4, 0.5) is 5.69 Å². The number of halogens is 1. The Bertz CT molecular complexity index is 1030. The molecule has 6 nitrogen and oxygen atoms in total. The highest BCUT2D eigenvalue weighted by Gasteiger charge is 2.31. The van der Waals surface area contributed by atoms with E-state index in [0.717, 1.165) is 16.8 Å². The monoisotopic (exact) mass is 427 g/mol. The summed E-state index contributed by atoms with van der Waals surface area (Å²) in [4.78, 5) is 38.8. The topological polar surface area (TPSA) is 72.9 Å². The molecular formula is C23H22ClNO5. The Balaban J connectivity index is 1.42. The van der Waals surface area contributed by atoms with Gasteiger partial charge in [-0.25, -0.2) is 0 Å². The maximum atomic E-state index is 12.8. The van der Waals surface area contributed by atoms with Gasteiger partial charge in [-0.05, 0) is 67.3 Å². The van der Waals surface area contributed by atoms with Crippen molar-refractivity contribution in [3.63, 3.8) is 0 Å². The van der Waals surface area contributed by atoms with Gasteiger partial charge in [-0.15, -0.1) is 0 Å². The molecule has 30 heavy (non-hydrogen) atoms. The van der Waals surface area contributed by atoms with E-state index < -0.39 is 18.0 Å². The molecule has 2 atom stereocenters. The highest BCUT2D eigenvalue weighted by atomic mass is 35.5. The van der Waals surface area contributed by atoms with E-state index in [1.54, 1.807) is 48.2 Å². The van der Waals surface area contributed by atoms with Crippen molar-refractivity contribution >= 4 is 34.9 Å². The minimum absolute atomic E-state index is 0.0207. The quantitative estimate of drug-likeness (QED) is 0.550. The van der Waals surface area contributed by atoms with E-state index in [-0.39, 0.29) is 18.3 Å². The third kappa shape index (κ3) is 3.92. The number of nitrogens with zero attached hydrogens (tertiary/aromatic N) is 1. The van der Waals surface area contributed by atoms with Gasteiger partial charge in [0.2, 0.25) is 11.7 Å². The zero-order valence-electron chi connectivity index (χ0n) is 16.8. The fourth-order valence-corrected chi connectivity index (χ4v) is 4.15. The maximum absolute atomic E-state index is 12.8. The van der Waals surface area contributed by atoms with Crippen molar-refractivity contribution in [2.45, 2.75) is 32.8 Å². The number of Topliss-reactive ketones (excluding diaryl/α,β-unsaturated/α-hetero) is 1. The zero-order chi connectivity index (χ0) is 21.4. The number of esters is 1. The SMILES string of the molecule is CC(=O)N1CCc2cc(C(=O)C(C)OC(=O)C3COc4ccc(Cl)cc4C3)ccc21. The molecule has 0 saturated heterocycles. The molecule has 7 heteroatoms. The van der Waals surface area contributed by atoms with Crippen molar-refractivity contribution in [1.29, 1.82) is 0 Å². The number of carbonyl (C=O) groups is 3. The Hall–Kier alpha value is -2.86. The summed E-state index contributed by atoms with van der Waals surface area (Å²) in [5, 5.41) is 0.579. The average molecular weight is 428 g/mol. The molecular weight excluding hydrogens is 406 g/mol. The minimum atomic E-state index is -0.915. The van der Waals surface area contributed by atoms with Gasteiger partial charge < -0.3 is 14.4 Å². The van der Waals surface area contributed by atoms with Crippen molar-refractivity contribution in [3.8, 4) is 5.75 Å². The Morgan fingerprint density at radius 1 is 1.17 bits per heavy atom. The Morgan fingerprint density at radius 2 is 1.97 bits per heavy atom. The third-order valence-corrected chi connectivity index (χ3v) is 5.80. The van der Waals surface area contributed by atoms with E-state index in [4.69, 9.17) is 21.1 Å². The smallest absolute Gasteiger partial charge is 0.313 e. The van der Waals surface area contributed by atoms with E-state index in [1.807, 2.05) is 0 Å². The molecule has 0 aliphatic carbocycles. The highest BCUT2D eigenvalue weighted by molar-refractivity contribution is 6.30. The van der Waals surface area contributed by atoms with Crippen LogP contribution in [0, 0.1) is 5.92 Å². The molecule has 2 aromatic rings.